The van der Waals surface area contributed by atoms with Crippen molar-refractivity contribution in [1.82, 2.24) is 10.3 Å². The van der Waals surface area contributed by atoms with Crippen molar-refractivity contribution in [3.8, 4) is 11.6 Å². The molecule has 162 valence electrons. The number of halogens is 1. The van der Waals surface area contributed by atoms with E-state index in [0.29, 0.717) is 17.0 Å². The molecule has 2 aromatic carbocycles. The summed E-state index contributed by atoms with van der Waals surface area (Å²) in [5, 5.41) is 8.55. The summed E-state index contributed by atoms with van der Waals surface area (Å²) in [6.07, 6.45) is 1.63. The number of benzene rings is 2. The lowest BCUT2D eigenvalue weighted by Gasteiger charge is -2.20. The molecule has 1 aromatic heterocycles. The van der Waals surface area contributed by atoms with E-state index in [1.165, 1.54) is 29.4 Å². The first-order chi connectivity index (χ1) is 15.5. The molecule has 0 aliphatic carbocycles. The van der Waals surface area contributed by atoms with Crippen molar-refractivity contribution in [3.63, 3.8) is 0 Å². The maximum atomic E-state index is 13.4. The molecular formula is C23H20FN5O3. The van der Waals surface area contributed by atoms with Crippen LogP contribution in [0.25, 0.3) is 0 Å². The van der Waals surface area contributed by atoms with Crippen LogP contribution in [0.4, 0.5) is 10.1 Å². The van der Waals surface area contributed by atoms with Gasteiger partial charge in [-0.25, -0.2) is 9.37 Å². The van der Waals surface area contributed by atoms with E-state index in [1.807, 2.05) is 18.2 Å². The number of hydrazone groups is 1. The fourth-order valence-corrected chi connectivity index (χ4v) is 3.26. The molecule has 1 aliphatic heterocycles. The van der Waals surface area contributed by atoms with Crippen molar-refractivity contribution in [2.24, 2.45) is 10.8 Å². The van der Waals surface area contributed by atoms with Gasteiger partial charge in [0.25, 0.3) is 5.91 Å². The van der Waals surface area contributed by atoms with Crippen LogP contribution >= 0.6 is 0 Å². The monoisotopic (exact) mass is 433 g/mol. The zero-order chi connectivity index (χ0) is 22.5. The summed E-state index contributed by atoms with van der Waals surface area (Å²) >= 11 is 0. The highest BCUT2D eigenvalue weighted by Gasteiger charge is 2.34. The van der Waals surface area contributed by atoms with E-state index >= 15 is 0 Å². The number of anilines is 1. The molecule has 0 fully saturated rings. The van der Waals surface area contributed by atoms with Gasteiger partial charge in [-0.05, 0) is 30.3 Å². The second-order valence-electron chi connectivity index (χ2n) is 7.06. The number of nitrogens with one attached hydrogen (secondary N) is 1. The Morgan fingerprint density at radius 2 is 1.94 bits per heavy atom. The molecule has 32 heavy (non-hydrogen) atoms. The Hall–Kier alpha value is -4.27. The number of amides is 2. The molecule has 0 unspecified atom stereocenters. The third-order valence-electron chi connectivity index (χ3n) is 4.82. The van der Waals surface area contributed by atoms with E-state index in [0.717, 1.165) is 0 Å². The minimum atomic E-state index is -0.747. The summed E-state index contributed by atoms with van der Waals surface area (Å²) in [4.78, 5) is 28.8. The SMILES string of the molecule is NC(=O)[C@@H]1CC(C(=O)NCc2cccnc2Oc2cccc(F)c2)=NN1c1ccccc1. The normalized spacial score (nSPS) is 15.2. The van der Waals surface area contributed by atoms with Gasteiger partial charge in [0.2, 0.25) is 11.8 Å². The number of carbonyl (C=O) groups excluding carboxylic acids is 2. The number of aromatic nitrogens is 1. The van der Waals surface area contributed by atoms with Gasteiger partial charge >= 0.3 is 0 Å². The van der Waals surface area contributed by atoms with Crippen LogP contribution in [0.1, 0.15) is 12.0 Å². The Labute approximate surface area is 183 Å². The third kappa shape index (κ3) is 4.72. The number of carbonyl (C=O) groups is 2. The first kappa shape index (κ1) is 21.0. The van der Waals surface area contributed by atoms with Crippen LogP contribution in [0.15, 0.2) is 78.0 Å². The lowest BCUT2D eigenvalue weighted by atomic mass is 10.1. The first-order valence-electron chi connectivity index (χ1n) is 9.88. The number of pyridine rings is 1. The first-order valence-corrected chi connectivity index (χ1v) is 9.88. The largest absolute Gasteiger partial charge is 0.439 e. The lowest BCUT2D eigenvalue weighted by Crippen LogP contribution is -2.39. The predicted molar refractivity (Wildman–Crippen MR) is 117 cm³/mol. The number of para-hydroxylation sites is 1. The molecule has 0 radical (unpaired) electrons. The molecule has 2 heterocycles. The van der Waals surface area contributed by atoms with E-state index in [9.17, 15) is 14.0 Å². The number of primary amides is 1. The van der Waals surface area contributed by atoms with Gasteiger partial charge in [0.05, 0.1) is 5.69 Å². The molecule has 0 spiro atoms. The molecule has 0 saturated heterocycles. The zero-order valence-corrected chi connectivity index (χ0v) is 16.9. The van der Waals surface area contributed by atoms with Crippen LogP contribution in [0.5, 0.6) is 11.6 Å². The lowest BCUT2D eigenvalue weighted by molar-refractivity contribution is -0.119. The molecule has 1 aliphatic rings. The van der Waals surface area contributed by atoms with Crippen molar-refractivity contribution in [2.75, 3.05) is 5.01 Å². The molecule has 0 saturated carbocycles. The highest BCUT2D eigenvalue weighted by Crippen LogP contribution is 2.25. The number of nitrogens with zero attached hydrogens (tertiary/aromatic N) is 3. The van der Waals surface area contributed by atoms with Crippen LogP contribution in [-0.4, -0.2) is 28.6 Å². The van der Waals surface area contributed by atoms with Gasteiger partial charge in [-0.1, -0.05) is 30.3 Å². The zero-order valence-electron chi connectivity index (χ0n) is 16.9. The second kappa shape index (κ2) is 9.25. The van der Waals surface area contributed by atoms with Gasteiger partial charge < -0.3 is 15.8 Å². The average Bonchev–Trinajstić information content (AvgIpc) is 3.25. The molecule has 2 amide bonds. The molecule has 0 bridgehead atoms. The summed E-state index contributed by atoms with van der Waals surface area (Å²) in [5.41, 5.74) is 6.97. The Morgan fingerprint density at radius 3 is 2.69 bits per heavy atom. The number of ether oxygens (including phenoxy) is 1. The maximum Gasteiger partial charge on any atom is 0.267 e. The van der Waals surface area contributed by atoms with Gasteiger partial charge in [0.1, 0.15) is 23.3 Å². The molecule has 3 N–H and O–H groups in total. The molecule has 9 heteroatoms. The topological polar surface area (TPSA) is 110 Å². The quantitative estimate of drug-likeness (QED) is 0.595. The standard InChI is InChI=1S/C23H20FN5O3/c24-16-7-4-10-18(12-16)32-23-15(6-5-11-26-23)14-27-22(31)19-13-20(21(25)30)29(28-19)17-8-2-1-3-9-17/h1-12,20H,13-14H2,(H2,25,30)(H,27,31)/t20-/m0/s1. The van der Waals surface area contributed by atoms with Crippen LogP contribution in [0.2, 0.25) is 0 Å². The Morgan fingerprint density at radius 1 is 1.12 bits per heavy atom. The Bertz CT molecular complexity index is 1170. The number of hydrogen-bond donors (Lipinski definition) is 2. The fraction of sp³-hybridized carbons (Fsp3) is 0.130. The predicted octanol–water partition coefficient (Wildman–Crippen LogP) is 2.75. The van der Waals surface area contributed by atoms with E-state index < -0.39 is 23.7 Å². The number of nitrogens with two attached hydrogens (primary N) is 1. The van der Waals surface area contributed by atoms with Gasteiger partial charge in [-0.15, -0.1) is 0 Å². The summed E-state index contributed by atoms with van der Waals surface area (Å²) in [5.74, 6) is -0.903. The molecule has 3 aromatic rings. The van der Waals surface area contributed by atoms with E-state index in [2.05, 4.69) is 15.4 Å². The molecule has 8 nitrogen and oxygen atoms in total. The van der Waals surface area contributed by atoms with Crippen LogP contribution in [-0.2, 0) is 16.1 Å². The maximum absolute atomic E-state index is 13.4. The van der Waals surface area contributed by atoms with Crippen LogP contribution in [0, 0.1) is 5.82 Å². The van der Waals surface area contributed by atoms with Gasteiger partial charge in [-0.3, -0.25) is 14.6 Å². The van der Waals surface area contributed by atoms with Crippen molar-refractivity contribution < 1.29 is 18.7 Å². The summed E-state index contributed by atoms with van der Waals surface area (Å²) in [6.45, 7) is 0.100. The average molecular weight is 433 g/mol. The molecule has 4 rings (SSSR count). The van der Waals surface area contributed by atoms with Gasteiger partial charge in [-0.2, -0.15) is 5.10 Å². The number of hydrogen-bond acceptors (Lipinski definition) is 6. The van der Waals surface area contributed by atoms with E-state index in [4.69, 9.17) is 10.5 Å². The molecular weight excluding hydrogens is 413 g/mol. The van der Waals surface area contributed by atoms with Gasteiger partial charge in [0.15, 0.2) is 0 Å². The van der Waals surface area contributed by atoms with E-state index in [-0.39, 0.29) is 24.6 Å². The highest BCUT2D eigenvalue weighted by atomic mass is 19.1. The van der Waals surface area contributed by atoms with Crippen molar-refractivity contribution in [3.05, 3.63) is 84.3 Å². The summed E-state index contributed by atoms with van der Waals surface area (Å²) in [7, 11) is 0. The van der Waals surface area contributed by atoms with Crippen molar-refractivity contribution in [1.29, 1.82) is 0 Å². The summed E-state index contributed by atoms with van der Waals surface area (Å²) < 4.78 is 19.1. The highest BCUT2D eigenvalue weighted by molar-refractivity contribution is 6.40. The van der Waals surface area contributed by atoms with Gasteiger partial charge in [0, 0.05) is 30.8 Å². The number of rotatable bonds is 7. The molecule has 1 atom stereocenters. The fourth-order valence-electron chi connectivity index (χ4n) is 3.26. The minimum absolute atomic E-state index is 0.0930. The summed E-state index contributed by atoms with van der Waals surface area (Å²) in [6, 6.07) is 17.4. The Balaban J connectivity index is 1.47. The minimum Gasteiger partial charge on any atom is -0.439 e. The third-order valence-corrected chi connectivity index (χ3v) is 4.82. The van der Waals surface area contributed by atoms with Crippen LogP contribution < -0.4 is 20.8 Å². The smallest absolute Gasteiger partial charge is 0.267 e. The van der Waals surface area contributed by atoms with Crippen LogP contribution in [0.3, 0.4) is 0 Å². The second-order valence-corrected chi connectivity index (χ2v) is 7.06. The van der Waals surface area contributed by atoms with Crippen molar-refractivity contribution in [2.45, 2.75) is 19.0 Å². The van der Waals surface area contributed by atoms with E-state index in [1.54, 1.807) is 30.3 Å². The Kier molecular flexibility index (Phi) is 6.07. The van der Waals surface area contributed by atoms with Crippen molar-refractivity contribution >= 4 is 23.2 Å².